The smallest absolute Gasteiger partial charge is 0.244 e. The van der Waals surface area contributed by atoms with Gasteiger partial charge in [-0.25, -0.2) is 8.78 Å². The van der Waals surface area contributed by atoms with Crippen molar-refractivity contribution in [3.63, 3.8) is 0 Å². The van der Waals surface area contributed by atoms with Gasteiger partial charge in [-0.2, -0.15) is 4.98 Å². The number of alkyl halides is 2. The Bertz CT molecular complexity index is 422. The number of nitrogens with one attached hydrogen (secondary N) is 1. The standard InChI is InChI=1S/C12H19F2N5/c1-8-15-12(17-16-8)19-4-2-18(3-5-19)10-6-9(7-10)11(13)14/h9-11H,2-7H2,1H3,(H,15,16,17). The van der Waals surface area contributed by atoms with E-state index in [1.807, 2.05) is 6.92 Å². The first-order chi connectivity index (χ1) is 9.13. The first kappa shape index (κ1) is 12.8. The van der Waals surface area contributed by atoms with Crippen LogP contribution in [0.3, 0.4) is 0 Å². The van der Waals surface area contributed by atoms with E-state index in [2.05, 4.69) is 25.0 Å². The highest BCUT2D eigenvalue weighted by Crippen LogP contribution is 2.36. The molecule has 106 valence electrons. The number of anilines is 1. The van der Waals surface area contributed by atoms with E-state index >= 15 is 0 Å². The molecule has 0 amide bonds. The van der Waals surface area contributed by atoms with Crippen molar-refractivity contribution in [2.24, 2.45) is 5.92 Å². The largest absolute Gasteiger partial charge is 0.337 e. The predicted molar refractivity (Wildman–Crippen MR) is 67.4 cm³/mol. The lowest BCUT2D eigenvalue weighted by molar-refractivity contribution is -0.0239. The zero-order chi connectivity index (χ0) is 13.4. The molecule has 1 saturated heterocycles. The van der Waals surface area contributed by atoms with Crippen molar-refractivity contribution in [2.45, 2.75) is 32.2 Å². The van der Waals surface area contributed by atoms with E-state index in [1.165, 1.54) is 0 Å². The zero-order valence-corrected chi connectivity index (χ0v) is 11.0. The highest BCUT2D eigenvalue weighted by atomic mass is 19.3. The van der Waals surface area contributed by atoms with Crippen LogP contribution in [0.2, 0.25) is 0 Å². The maximum Gasteiger partial charge on any atom is 0.244 e. The highest BCUT2D eigenvalue weighted by Gasteiger charge is 2.39. The quantitative estimate of drug-likeness (QED) is 0.899. The number of aryl methyl sites for hydroxylation is 1. The fraction of sp³-hybridized carbons (Fsp3) is 0.833. The normalized spacial score (nSPS) is 28.7. The third-order valence-electron chi connectivity index (χ3n) is 4.20. The van der Waals surface area contributed by atoms with Gasteiger partial charge < -0.3 is 4.90 Å². The van der Waals surface area contributed by atoms with Crippen molar-refractivity contribution in [3.05, 3.63) is 5.82 Å². The van der Waals surface area contributed by atoms with Gasteiger partial charge in [-0.05, 0) is 19.8 Å². The van der Waals surface area contributed by atoms with Gasteiger partial charge in [0.25, 0.3) is 0 Å². The van der Waals surface area contributed by atoms with E-state index in [1.54, 1.807) is 0 Å². The van der Waals surface area contributed by atoms with E-state index in [9.17, 15) is 8.78 Å². The summed E-state index contributed by atoms with van der Waals surface area (Å²) >= 11 is 0. The molecule has 0 aromatic carbocycles. The number of aromatic amines is 1. The van der Waals surface area contributed by atoms with Gasteiger partial charge in [-0.3, -0.25) is 10.00 Å². The Morgan fingerprint density at radius 3 is 2.42 bits per heavy atom. The van der Waals surface area contributed by atoms with Gasteiger partial charge in [0.2, 0.25) is 12.4 Å². The van der Waals surface area contributed by atoms with Crippen LogP contribution in [0.25, 0.3) is 0 Å². The van der Waals surface area contributed by atoms with Crippen LogP contribution in [0.5, 0.6) is 0 Å². The van der Waals surface area contributed by atoms with Gasteiger partial charge in [-0.1, -0.05) is 0 Å². The molecule has 7 heteroatoms. The summed E-state index contributed by atoms with van der Waals surface area (Å²) in [4.78, 5) is 8.79. The molecule has 2 aliphatic rings. The first-order valence-electron chi connectivity index (χ1n) is 6.79. The Labute approximate surface area is 111 Å². The minimum absolute atomic E-state index is 0.357. The van der Waals surface area contributed by atoms with Crippen LogP contribution < -0.4 is 4.90 Å². The number of piperazine rings is 1. The van der Waals surface area contributed by atoms with Crippen molar-refractivity contribution in [1.29, 1.82) is 0 Å². The maximum atomic E-state index is 12.5. The van der Waals surface area contributed by atoms with E-state index in [0.717, 1.165) is 38.0 Å². The molecule has 0 bridgehead atoms. The molecule has 0 radical (unpaired) electrons. The Hall–Kier alpha value is -1.24. The minimum atomic E-state index is -2.14. The molecule has 1 saturated carbocycles. The van der Waals surface area contributed by atoms with Crippen LogP contribution in [0, 0.1) is 12.8 Å². The average Bonchev–Trinajstić information content (AvgIpc) is 2.74. The Morgan fingerprint density at radius 2 is 1.89 bits per heavy atom. The topological polar surface area (TPSA) is 48.1 Å². The highest BCUT2D eigenvalue weighted by molar-refractivity contribution is 5.29. The first-order valence-corrected chi connectivity index (χ1v) is 6.79. The molecule has 3 rings (SSSR count). The summed E-state index contributed by atoms with van der Waals surface area (Å²) in [6.45, 7) is 5.44. The molecule has 1 aromatic rings. The van der Waals surface area contributed by atoms with Crippen molar-refractivity contribution < 1.29 is 8.78 Å². The SMILES string of the molecule is Cc1nc(N2CCN(C3CC(C(F)F)C3)CC2)n[nH]1. The number of H-pyrrole nitrogens is 1. The molecule has 1 aliphatic carbocycles. The van der Waals surface area contributed by atoms with E-state index in [0.29, 0.717) is 18.9 Å². The van der Waals surface area contributed by atoms with Gasteiger partial charge in [0.15, 0.2) is 0 Å². The van der Waals surface area contributed by atoms with Crippen LogP contribution in [0.15, 0.2) is 0 Å². The molecular weight excluding hydrogens is 252 g/mol. The van der Waals surface area contributed by atoms with Crippen molar-refractivity contribution in [3.8, 4) is 0 Å². The molecule has 0 unspecified atom stereocenters. The van der Waals surface area contributed by atoms with Crippen molar-refractivity contribution >= 4 is 5.95 Å². The van der Waals surface area contributed by atoms with E-state index in [-0.39, 0.29) is 5.92 Å². The molecule has 0 atom stereocenters. The maximum absolute atomic E-state index is 12.5. The van der Waals surface area contributed by atoms with Crippen LogP contribution in [0.4, 0.5) is 14.7 Å². The molecular formula is C12H19F2N5. The molecule has 2 fully saturated rings. The Kier molecular flexibility index (Phi) is 3.38. The van der Waals surface area contributed by atoms with Crippen LogP contribution >= 0.6 is 0 Å². The molecule has 2 heterocycles. The van der Waals surface area contributed by atoms with E-state index in [4.69, 9.17) is 0 Å². The third kappa shape index (κ3) is 2.56. The molecule has 1 aromatic heterocycles. The summed E-state index contributed by atoms with van der Waals surface area (Å²) in [7, 11) is 0. The summed E-state index contributed by atoms with van der Waals surface area (Å²) in [5.74, 6) is 1.19. The lowest BCUT2D eigenvalue weighted by Crippen LogP contribution is -2.55. The van der Waals surface area contributed by atoms with Crippen molar-refractivity contribution in [2.75, 3.05) is 31.1 Å². The third-order valence-corrected chi connectivity index (χ3v) is 4.20. The fourth-order valence-corrected chi connectivity index (χ4v) is 2.89. The van der Waals surface area contributed by atoms with Crippen LogP contribution in [-0.2, 0) is 0 Å². The predicted octanol–water partition coefficient (Wildman–Crippen LogP) is 1.28. The zero-order valence-electron chi connectivity index (χ0n) is 11.0. The van der Waals surface area contributed by atoms with Gasteiger partial charge in [0.05, 0.1) is 0 Å². The van der Waals surface area contributed by atoms with Crippen LogP contribution in [-0.4, -0.2) is 58.7 Å². The summed E-state index contributed by atoms with van der Waals surface area (Å²) in [6.07, 6.45) is -0.844. The average molecular weight is 271 g/mol. The summed E-state index contributed by atoms with van der Waals surface area (Å²) in [6, 6.07) is 0.357. The molecule has 19 heavy (non-hydrogen) atoms. The number of halogens is 2. The second-order valence-corrected chi connectivity index (χ2v) is 5.46. The van der Waals surface area contributed by atoms with Gasteiger partial charge >= 0.3 is 0 Å². The molecule has 5 nitrogen and oxygen atoms in total. The Balaban J connectivity index is 1.48. The van der Waals surface area contributed by atoms with E-state index < -0.39 is 6.43 Å². The number of hydrogen-bond donors (Lipinski definition) is 1. The van der Waals surface area contributed by atoms with Gasteiger partial charge in [0.1, 0.15) is 5.82 Å². The number of rotatable bonds is 3. The number of hydrogen-bond acceptors (Lipinski definition) is 4. The Morgan fingerprint density at radius 1 is 1.21 bits per heavy atom. The van der Waals surface area contributed by atoms with Gasteiger partial charge in [-0.15, -0.1) is 5.10 Å². The number of nitrogens with zero attached hydrogens (tertiary/aromatic N) is 4. The number of aromatic nitrogens is 3. The second kappa shape index (κ2) is 5.03. The summed E-state index contributed by atoms with van der Waals surface area (Å²) < 4.78 is 24.9. The molecule has 0 spiro atoms. The minimum Gasteiger partial charge on any atom is -0.337 e. The lowest BCUT2D eigenvalue weighted by Gasteiger charge is -2.46. The van der Waals surface area contributed by atoms with Crippen molar-refractivity contribution in [1.82, 2.24) is 20.1 Å². The summed E-state index contributed by atoms with van der Waals surface area (Å²) in [5.41, 5.74) is 0. The molecule has 1 aliphatic heterocycles. The van der Waals surface area contributed by atoms with Crippen LogP contribution in [0.1, 0.15) is 18.7 Å². The lowest BCUT2D eigenvalue weighted by atomic mass is 9.79. The molecule has 1 N–H and O–H groups in total. The second-order valence-electron chi connectivity index (χ2n) is 5.46. The summed E-state index contributed by atoms with van der Waals surface area (Å²) in [5, 5.41) is 6.99. The fourth-order valence-electron chi connectivity index (χ4n) is 2.89. The van der Waals surface area contributed by atoms with Gasteiger partial charge in [0, 0.05) is 38.1 Å². The monoisotopic (exact) mass is 271 g/mol.